The second kappa shape index (κ2) is 8.22. The van der Waals surface area contributed by atoms with Crippen molar-refractivity contribution in [2.24, 2.45) is 0 Å². The van der Waals surface area contributed by atoms with Gasteiger partial charge in [-0.15, -0.1) is 0 Å². The van der Waals surface area contributed by atoms with Crippen LogP contribution in [0.3, 0.4) is 0 Å². The second-order valence-corrected chi connectivity index (χ2v) is 7.54. The molecule has 7 heteroatoms. The molecule has 1 saturated heterocycles. The van der Waals surface area contributed by atoms with Crippen LogP contribution in [-0.2, 0) is 11.2 Å². The summed E-state index contributed by atoms with van der Waals surface area (Å²) in [5, 5.41) is 7.05. The van der Waals surface area contributed by atoms with Crippen molar-refractivity contribution >= 4 is 22.0 Å². The molecule has 6 nitrogen and oxygen atoms in total. The number of benzene rings is 1. The molecule has 2 heterocycles. The van der Waals surface area contributed by atoms with Gasteiger partial charge < -0.3 is 19.5 Å². The molecule has 0 spiro atoms. The minimum Gasteiger partial charge on any atom is -0.370 e. The third-order valence-corrected chi connectivity index (χ3v) is 5.39. The lowest BCUT2D eigenvalue weighted by Crippen LogP contribution is -2.49. The Morgan fingerprint density at radius 1 is 1.42 bits per heavy atom. The maximum atomic E-state index is 12.7. The molecule has 1 aromatic carbocycles. The Morgan fingerprint density at radius 2 is 2.19 bits per heavy atom. The molecule has 1 N–H and O–H groups in total. The zero-order valence-corrected chi connectivity index (χ0v) is 16.9. The number of aromatic nitrogens is 1. The van der Waals surface area contributed by atoms with Gasteiger partial charge in [0.25, 0.3) is 0 Å². The molecule has 0 saturated carbocycles. The van der Waals surface area contributed by atoms with Gasteiger partial charge in [0.05, 0.1) is 18.8 Å². The fraction of sp³-hybridized carbons (Fsp3) is 0.474. The van der Waals surface area contributed by atoms with E-state index in [1.54, 1.807) is 0 Å². The average molecular weight is 422 g/mol. The van der Waals surface area contributed by atoms with Crippen molar-refractivity contribution < 1.29 is 14.1 Å². The summed E-state index contributed by atoms with van der Waals surface area (Å²) >= 11 is 3.56. The molecule has 26 heavy (non-hydrogen) atoms. The lowest BCUT2D eigenvalue weighted by atomic mass is 10.1. The van der Waals surface area contributed by atoms with Gasteiger partial charge in [-0.3, -0.25) is 0 Å². The summed E-state index contributed by atoms with van der Waals surface area (Å²) in [6.07, 6.45) is 0.577. The predicted molar refractivity (Wildman–Crippen MR) is 102 cm³/mol. The van der Waals surface area contributed by atoms with E-state index in [1.165, 1.54) is 0 Å². The van der Waals surface area contributed by atoms with E-state index >= 15 is 0 Å². The Kier molecular flexibility index (Phi) is 5.98. The van der Waals surface area contributed by atoms with Crippen LogP contribution in [0.25, 0.3) is 0 Å². The van der Waals surface area contributed by atoms with Gasteiger partial charge in [-0.25, -0.2) is 4.79 Å². The number of urea groups is 1. The van der Waals surface area contributed by atoms with E-state index in [4.69, 9.17) is 9.26 Å². The van der Waals surface area contributed by atoms with Gasteiger partial charge in [-0.2, -0.15) is 0 Å². The molecule has 0 aliphatic carbocycles. The van der Waals surface area contributed by atoms with Crippen LogP contribution in [0.2, 0.25) is 0 Å². The maximum Gasteiger partial charge on any atom is 0.317 e. The molecule has 2 unspecified atom stereocenters. The van der Waals surface area contributed by atoms with Crippen LogP contribution in [0.5, 0.6) is 0 Å². The van der Waals surface area contributed by atoms with Crippen LogP contribution in [0.1, 0.15) is 35.6 Å². The minimum absolute atomic E-state index is 0.0101. The summed E-state index contributed by atoms with van der Waals surface area (Å²) in [5.41, 5.74) is 3.00. The summed E-state index contributed by atoms with van der Waals surface area (Å²) in [4.78, 5) is 14.5. The average Bonchev–Trinajstić information content (AvgIpc) is 2.94. The molecule has 140 valence electrons. The zero-order valence-electron chi connectivity index (χ0n) is 15.3. The van der Waals surface area contributed by atoms with Crippen LogP contribution in [-0.4, -0.2) is 41.8 Å². The van der Waals surface area contributed by atoms with E-state index in [0.717, 1.165) is 27.1 Å². The predicted octanol–water partition coefficient (Wildman–Crippen LogP) is 3.77. The van der Waals surface area contributed by atoms with Crippen LogP contribution < -0.4 is 5.32 Å². The molecule has 1 aliphatic rings. The number of hydrogen-bond acceptors (Lipinski definition) is 4. The number of halogens is 1. The van der Waals surface area contributed by atoms with E-state index in [1.807, 2.05) is 49.9 Å². The number of amides is 2. The van der Waals surface area contributed by atoms with Crippen molar-refractivity contribution in [1.29, 1.82) is 0 Å². The Bertz CT molecular complexity index is 758. The lowest BCUT2D eigenvalue weighted by molar-refractivity contribution is -0.0160. The third-order valence-electron chi connectivity index (χ3n) is 4.67. The number of carbonyl (C=O) groups is 1. The first kappa shape index (κ1) is 18.9. The Balaban J connectivity index is 1.60. The summed E-state index contributed by atoms with van der Waals surface area (Å²) < 4.78 is 12.1. The third kappa shape index (κ3) is 4.27. The van der Waals surface area contributed by atoms with Gasteiger partial charge >= 0.3 is 6.03 Å². The number of nitrogens with zero attached hydrogens (tertiary/aromatic N) is 2. The van der Waals surface area contributed by atoms with Gasteiger partial charge in [0.15, 0.2) is 0 Å². The fourth-order valence-electron chi connectivity index (χ4n) is 3.21. The summed E-state index contributed by atoms with van der Waals surface area (Å²) in [5.74, 6) is 0.809. The highest BCUT2D eigenvalue weighted by Gasteiger charge is 2.27. The Labute approximate surface area is 162 Å². The van der Waals surface area contributed by atoms with E-state index in [0.29, 0.717) is 26.1 Å². The Morgan fingerprint density at radius 3 is 2.88 bits per heavy atom. The second-order valence-electron chi connectivity index (χ2n) is 6.68. The maximum absolute atomic E-state index is 12.7. The van der Waals surface area contributed by atoms with Crippen molar-refractivity contribution in [2.45, 2.75) is 39.3 Å². The van der Waals surface area contributed by atoms with E-state index < -0.39 is 0 Å². The van der Waals surface area contributed by atoms with Crippen LogP contribution in [0.15, 0.2) is 33.3 Å². The molecular weight excluding hydrogens is 398 g/mol. The first-order valence-electron chi connectivity index (χ1n) is 8.79. The number of hydrogen-bond donors (Lipinski definition) is 1. The SMILES string of the molecule is Cc1noc(C)c1CC(C)NC(=O)N1CCOC(c2ccccc2Br)C1. The number of nitrogens with one attached hydrogen (secondary N) is 1. The molecule has 1 aliphatic heterocycles. The van der Waals surface area contributed by atoms with Gasteiger partial charge in [0.2, 0.25) is 0 Å². The summed E-state index contributed by atoms with van der Waals surface area (Å²) in [7, 11) is 0. The standard InChI is InChI=1S/C19H24BrN3O3/c1-12(10-16-13(2)22-26-14(16)3)21-19(24)23-8-9-25-18(11-23)15-6-4-5-7-17(15)20/h4-7,12,18H,8-11H2,1-3H3,(H,21,24). The van der Waals surface area contributed by atoms with Crippen molar-refractivity contribution in [3.8, 4) is 0 Å². The number of rotatable bonds is 4. The van der Waals surface area contributed by atoms with Gasteiger partial charge in [0, 0.05) is 22.6 Å². The summed E-state index contributed by atoms with van der Waals surface area (Å²) in [6, 6.07) is 7.89. The zero-order chi connectivity index (χ0) is 18.7. The van der Waals surface area contributed by atoms with Crippen molar-refractivity contribution in [3.63, 3.8) is 0 Å². The van der Waals surface area contributed by atoms with E-state index in [9.17, 15) is 4.79 Å². The number of carbonyl (C=O) groups excluding carboxylic acids is 1. The first-order chi connectivity index (χ1) is 12.5. The minimum atomic E-state index is -0.122. The topological polar surface area (TPSA) is 67.6 Å². The van der Waals surface area contributed by atoms with E-state index in [-0.39, 0.29) is 18.2 Å². The molecular formula is C19H24BrN3O3. The Hall–Kier alpha value is -1.86. The highest BCUT2D eigenvalue weighted by atomic mass is 79.9. The quantitative estimate of drug-likeness (QED) is 0.815. The highest BCUT2D eigenvalue weighted by Crippen LogP contribution is 2.28. The molecule has 2 atom stereocenters. The molecule has 2 amide bonds. The van der Waals surface area contributed by atoms with Crippen LogP contribution >= 0.6 is 15.9 Å². The van der Waals surface area contributed by atoms with Crippen molar-refractivity contribution in [2.75, 3.05) is 19.7 Å². The highest BCUT2D eigenvalue weighted by molar-refractivity contribution is 9.10. The van der Waals surface area contributed by atoms with Crippen LogP contribution in [0.4, 0.5) is 4.79 Å². The van der Waals surface area contributed by atoms with Gasteiger partial charge in [0.1, 0.15) is 11.9 Å². The summed E-state index contributed by atoms with van der Waals surface area (Å²) in [6.45, 7) is 7.46. The van der Waals surface area contributed by atoms with Gasteiger partial charge in [-0.1, -0.05) is 39.3 Å². The molecule has 3 rings (SSSR count). The molecule has 1 fully saturated rings. The van der Waals surface area contributed by atoms with Crippen molar-refractivity contribution in [1.82, 2.24) is 15.4 Å². The smallest absolute Gasteiger partial charge is 0.317 e. The molecule has 1 aromatic heterocycles. The van der Waals surface area contributed by atoms with Crippen molar-refractivity contribution in [3.05, 3.63) is 51.3 Å². The number of morpholine rings is 1. The lowest BCUT2D eigenvalue weighted by Gasteiger charge is -2.34. The number of ether oxygens (including phenoxy) is 1. The fourth-order valence-corrected chi connectivity index (χ4v) is 3.75. The van der Waals surface area contributed by atoms with E-state index in [2.05, 4.69) is 26.4 Å². The first-order valence-corrected chi connectivity index (χ1v) is 9.58. The molecule has 0 radical (unpaired) electrons. The molecule has 2 aromatic rings. The monoisotopic (exact) mass is 421 g/mol. The van der Waals surface area contributed by atoms with Crippen LogP contribution in [0, 0.1) is 13.8 Å². The number of aryl methyl sites for hydroxylation is 2. The largest absolute Gasteiger partial charge is 0.370 e. The molecule has 0 bridgehead atoms. The normalized spacial score (nSPS) is 18.6. The van der Waals surface area contributed by atoms with Gasteiger partial charge in [-0.05, 0) is 38.8 Å².